The first-order valence-corrected chi connectivity index (χ1v) is 7.22. The van der Waals surface area contributed by atoms with E-state index in [1.807, 2.05) is 35.0 Å². The number of hydrogen-bond acceptors (Lipinski definition) is 2. The van der Waals surface area contributed by atoms with E-state index >= 15 is 0 Å². The van der Waals surface area contributed by atoms with Crippen LogP contribution in [0.5, 0.6) is 5.75 Å². The molecule has 0 bridgehead atoms. The lowest BCUT2D eigenvalue weighted by Gasteiger charge is -2.13. The van der Waals surface area contributed by atoms with E-state index in [0.29, 0.717) is 0 Å². The molecule has 3 heteroatoms. The molecular formula is C17H22N2O. The molecule has 0 unspecified atom stereocenters. The Labute approximate surface area is 120 Å². The van der Waals surface area contributed by atoms with Gasteiger partial charge < -0.3 is 9.30 Å². The van der Waals surface area contributed by atoms with Crippen molar-refractivity contribution >= 4 is 5.70 Å². The third-order valence-corrected chi connectivity index (χ3v) is 3.27. The van der Waals surface area contributed by atoms with Crippen molar-refractivity contribution < 1.29 is 4.74 Å². The van der Waals surface area contributed by atoms with Gasteiger partial charge >= 0.3 is 0 Å². The van der Waals surface area contributed by atoms with Crippen LogP contribution in [0.25, 0.3) is 5.70 Å². The fourth-order valence-corrected chi connectivity index (χ4v) is 2.10. The predicted octanol–water partition coefficient (Wildman–Crippen LogP) is 4.36. The van der Waals surface area contributed by atoms with Gasteiger partial charge in [0.15, 0.2) is 0 Å². The quantitative estimate of drug-likeness (QED) is 0.666. The van der Waals surface area contributed by atoms with E-state index in [2.05, 4.69) is 18.5 Å². The van der Waals surface area contributed by atoms with Crippen molar-refractivity contribution in [2.24, 2.45) is 0 Å². The maximum atomic E-state index is 5.91. The Bertz CT molecular complexity index is 532. The highest BCUT2D eigenvalue weighted by molar-refractivity contribution is 5.68. The highest BCUT2D eigenvalue weighted by atomic mass is 16.5. The van der Waals surface area contributed by atoms with Gasteiger partial charge in [-0.1, -0.05) is 44.9 Å². The molecule has 1 heterocycles. The molecule has 2 rings (SSSR count). The van der Waals surface area contributed by atoms with E-state index in [-0.39, 0.29) is 0 Å². The van der Waals surface area contributed by atoms with Gasteiger partial charge in [-0.15, -0.1) is 0 Å². The minimum atomic E-state index is 0.758. The summed E-state index contributed by atoms with van der Waals surface area (Å²) >= 11 is 0. The minimum Gasteiger partial charge on any atom is -0.493 e. The zero-order chi connectivity index (χ0) is 14.2. The van der Waals surface area contributed by atoms with Gasteiger partial charge in [-0.25, -0.2) is 4.98 Å². The molecule has 1 aromatic carbocycles. The molecule has 0 spiro atoms. The Morgan fingerprint density at radius 3 is 2.85 bits per heavy atom. The molecule has 0 atom stereocenters. The van der Waals surface area contributed by atoms with E-state index in [9.17, 15) is 0 Å². The van der Waals surface area contributed by atoms with Gasteiger partial charge in [0, 0.05) is 18.0 Å². The summed E-state index contributed by atoms with van der Waals surface area (Å²) in [4.78, 5) is 4.06. The van der Waals surface area contributed by atoms with E-state index in [0.717, 1.165) is 30.0 Å². The monoisotopic (exact) mass is 270 g/mol. The summed E-state index contributed by atoms with van der Waals surface area (Å²) < 4.78 is 7.81. The van der Waals surface area contributed by atoms with Crippen molar-refractivity contribution in [1.29, 1.82) is 0 Å². The van der Waals surface area contributed by atoms with E-state index < -0.39 is 0 Å². The second-order valence-corrected chi connectivity index (χ2v) is 4.82. The summed E-state index contributed by atoms with van der Waals surface area (Å²) in [7, 11) is 0. The summed E-state index contributed by atoms with van der Waals surface area (Å²) in [6, 6.07) is 8.02. The smallest absolute Gasteiger partial charge is 0.128 e. The first kappa shape index (κ1) is 14.4. The second-order valence-electron chi connectivity index (χ2n) is 4.82. The van der Waals surface area contributed by atoms with Crippen molar-refractivity contribution in [1.82, 2.24) is 9.55 Å². The maximum absolute atomic E-state index is 5.91. The van der Waals surface area contributed by atoms with Crippen molar-refractivity contribution in [3.05, 3.63) is 55.1 Å². The van der Waals surface area contributed by atoms with E-state index in [1.165, 1.54) is 19.3 Å². The third-order valence-electron chi connectivity index (χ3n) is 3.27. The van der Waals surface area contributed by atoms with Crippen LogP contribution in [0, 0.1) is 0 Å². The molecule has 0 aliphatic heterocycles. The summed E-state index contributed by atoms with van der Waals surface area (Å²) in [5.41, 5.74) is 1.90. The van der Waals surface area contributed by atoms with Gasteiger partial charge in [0.2, 0.25) is 0 Å². The largest absolute Gasteiger partial charge is 0.493 e. The lowest BCUT2D eigenvalue weighted by molar-refractivity contribution is 0.304. The molecule has 0 fully saturated rings. The summed E-state index contributed by atoms with van der Waals surface area (Å²) in [5.74, 6) is 0.891. The normalized spacial score (nSPS) is 10.4. The molecule has 0 saturated heterocycles. The maximum Gasteiger partial charge on any atom is 0.128 e. The standard InChI is InChI=1S/C17H22N2O/c1-3-4-5-8-13-20-17-10-7-6-9-16(17)15(2)19-12-11-18-14-19/h6-7,9-12,14H,2-5,8,13H2,1H3. The first-order valence-electron chi connectivity index (χ1n) is 7.22. The lowest BCUT2D eigenvalue weighted by atomic mass is 10.1. The first-order chi connectivity index (χ1) is 9.83. The van der Waals surface area contributed by atoms with Crippen molar-refractivity contribution in [2.75, 3.05) is 6.61 Å². The molecule has 2 aromatic rings. The number of imidazole rings is 1. The number of rotatable bonds is 8. The molecular weight excluding hydrogens is 248 g/mol. The number of ether oxygens (including phenoxy) is 1. The van der Waals surface area contributed by atoms with Gasteiger partial charge in [0.25, 0.3) is 0 Å². The van der Waals surface area contributed by atoms with Crippen molar-refractivity contribution in [3.63, 3.8) is 0 Å². The average molecular weight is 270 g/mol. The SMILES string of the molecule is C=C(c1ccccc1OCCCCCC)n1ccnc1. The molecule has 1 aromatic heterocycles. The number of unbranched alkanes of at least 4 members (excludes halogenated alkanes) is 3. The molecule has 0 radical (unpaired) electrons. The summed E-state index contributed by atoms with van der Waals surface area (Å²) in [6.45, 7) is 7.10. The second kappa shape index (κ2) is 7.53. The number of aromatic nitrogens is 2. The number of benzene rings is 1. The zero-order valence-electron chi connectivity index (χ0n) is 12.1. The van der Waals surface area contributed by atoms with Crippen LogP contribution in [0.3, 0.4) is 0 Å². The highest BCUT2D eigenvalue weighted by Gasteiger charge is 2.08. The predicted molar refractivity (Wildman–Crippen MR) is 82.7 cm³/mol. The summed E-state index contributed by atoms with van der Waals surface area (Å²) in [6.07, 6.45) is 10.2. The minimum absolute atomic E-state index is 0.758. The zero-order valence-corrected chi connectivity index (χ0v) is 12.1. The van der Waals surface area contributed by atoms with Crippen LogP contribution < -0.4 is 4.74 Å². The molecule has 3 nitrogen and oxygen atoms in total. The van der Waals surface area contributed by atoms with Crippen molar-refractivity contribution in [2.45, 2.75) is 32.6 Å². The number of hydrogen-bond donors (Lipinski definition) is 0. The molecule has 20 heavy (non-hydrogen) atoms. The topological polar surface area (TPSA) is 27.1 Å². The van der Waals surface area contributed by atoms with Crippen molar-refractivity contribution in [3.8, 4) is 5.75 Å². The molecule has 0 aliphatic rings. The fourth-order valence-electron chi connectivity index (χ4n) is 2.10. The van der Waals surface area contributed by atoms with Crippen LogP contribution in [-0.2, 0) is 0 Å². The highest BCUT2D eigenvalue weighted by Crippen LogP contribution is 2.26. The Balaban J connectivity index is 2.01. The molecule has 0 saturated carbocycles. The molecule has 0 amide bonds. The van der Waals surface area contributed by atoms with Gasteiger partial charge in [0.05, 0.1) is 18.6 Å². The Morgan fingerprint density at radius 2 is 2.10 bits per heavy atom. The Morgan fingerprint density at radius 1 is 1.25 bits per heavy atom. The lowest BCUT2D eigenvalue weighted by Crippen LogP contribution is -2.02. The van der Waals surface area contributed by atoms with Crippen LogP contribution in [0.2, 0.25) is 0 Å². The molecule has 0 aliphatic carbocycles. The Kier molecular flexibility index (Phi) is 5.42. The van der Waals surface area contributed by atoms with Crippen LogP contribution in [0.15, 0.2) is 49.6 Å². The third kappa shape index (κ3) is 3.73. The Hall–Kier alpha value is -2.03. The summed E-state index contributed by atoms with van der Waals surface area (Å²) in [5, 5.41) is 0. The average Bonchev–Trinajstić information content (AvgIpc) is 3.01. The van der Waals surface area contributed by atoms with Crippen LogP contribution in [0.4, 0.5) is 0 Å². The molecule has 0 N–H and O–H groups in total. The van der Waals surface area contributed by atoms with Gasteiger partial charge in [-0.2, -0.15) is 0 Å². The number of para-hydroxylation sites is 1. The van der Waals surface area contributed by atoms with Crippen LogP contribution in [0.1, 0.15) is 38.2 Å². The van der Waals surface area contributed by atoms with E-state index in [1.54, 1.807) is 12.5 Å². The number of nitrogens with zero attached hydrogens (tertiary/aromatic N) is 2. The van der Waals surface area contributed by atoms with E-state index in [4.69, 9.17) is 4.74 Å². The van der Waals surface area contributed by atoms with Crippen LogP contribution in [-0.4, -0.2) is 16.2 Å². The van der Waals surface area contributed by atoms with Gasteiger partial charge in [-0.05, 0) is 18.6 Å². The fraction of sp³-hybridized carbons (Fsp3) is 0.353. The van der Waals surface area contributed by atoms with Crippen LogP contribution >= 0.6 is 0 Å². The van der Waals surface area contributed by atoms with Gasteiger partial charge in [0.1, 0.15) is 5.75 Å². The van der Waals surface area contributed by atoms with Gasteiger partial charge in [-0.3, -0.25) is 0 Å². The molecule has 106 valence electrons.